The van der Waals surface area contributed by atoms with Crippen LogP contribution >= 0.6 is 0 Å². The normalized spacial score (nSPS) is 9.40. The fourth-order valence-electron chi connectivity index (χ4n) is 1.06. The lowest BCUT2D eigenvalue weighted by atomic mass is 10.1. The van der Waals surface area contributed by atoms with E-state index in [1.54, 1.807) is 0 Å². The Bertz CT molecular complexity index is 280. The molecular formula is C13H22N2. The molecule has 0 amide bonds. The second kappa shape index (κ2) is 8.21. The molecule has 0 heterocycles. The first-order valence-electron chi connectivity index (χ1n) is 5.32. The van der Waals surface area contributed by atoms with Crippen molar-refractivity contribution in [2.24, 2.45) is 5.84 Å². The zero-order valence-electron chi connectivity index (χ0n) is 9.96. The van der Waals surface area contributed by atoms with Gasteiger partial charge in [0.1, 0.15) is 0 Å². The Hall–Kier alpha value is -1.12. The molecule has 1 rings (SSSR count). The molecule has 0 bridgehead atoms. The van der Waals surface area contributed by atoms with Crippen LogP contribution in [-0.4, -0.2) is 6.04 Å². The van der Waals surface area contributed by atoms with E-state index in [0.29, 0.717) is 6.04 Å². The Morgan fingerprint density at radius 1 is 1.40 bits per heavy atom. The van der Waals surface area contributed by atoms with Gasteiger partial charge in [-0.3, -0.25) is 11.3 Å². The summed E-state index contributed by atoms with van der Waals surface area (Å²) < 4.78 is 0. The summed E-state index contributed by atoms with van der Waals surface area (Å²) in [6.07, 6.45) is 2.99. The van der Waals surface area contributed by atoms with E-state index in [0.717, 1.165) is 6.42 Å². The van der Waals surface area contributed by atoms with Crippen molar-refractivity contribution in [2.45, 2.75) is 33.2 Å². The van der Waals surface area contributed by atoms with Crippen LogP contribution in [-0.2, 0) is 6.42 Å². The first-order chi connectivity index (χ1) is 7.15. The van der Waals surface area contributed by atoms with Crippen LogP contribution in [0.15, 0.2) is 30.8 Å². The van der Waals surface area contributed by atoms with Crippen molar-refractivity contribution in [1.82, 2.24) is 5.43 Å². The molecule has 3 N–H and O–H groups in total. The Kier molecular flexibility index (Phi) is 7.60. The zero-order chi connectivity index (χ0) is 11.7. The molecule has 84 valence electrons. The summed E-state index contributed by atoms with van der Waals surface area (Å²) in [7, 11) is 0. The van der Waals surface area contributed by atoms with E-state index in [1.807, 2.05) is 26.0 Å². The van der Waals surface area contributed by atoms with Crippen LogP contribution in [0.1, 0.15) is 31.9 Å². The third-order valence-electron chi connectivity index (χ3n) is 1.99. The van der Waals surface area contributed by atoms with Gasteiger partial charge in [-0.05, 0) is 31.4 Å². The maximum absolute atomic E-state index is 4.92. The first kappa shape index (κ1) is 13.9. The predicted molar refractivity (Wildman–Crippen MR) is 68.4 cm³/mol. The van der Waals surface area contributed by atoms with Gasteiger partial charge >= 0.3 is 0 Å². The van der Waals surface area contributed by atoms with E-state index >= 15 is 0 Å². The van der Waals surface area contributed by atoms with Crippen LogP contribution in [0, 0.1) is 0 Å². The van der Waals surface area contributed by atoms with Gasteiger partial charge in [0.25, 0.3) is 0 Å². The standard InChI is InChI=1S/C10H12.C3H10N2/c1-3-9-7-5-6-8-10(9)4-2;1-3(2)5-4/h3,5-8H,1,4H2,2H3;3,5H,4H2,1-2H3. The third-order valence-corrected chi connectivity index (χ3v) is 1.99. The van der Waals surface area contributed by atoms with E-state index in [9.17, 15) is 0 Å². The summed E-state index contributed by atoms with van der Waals surface area (Å²) in [6, 6.07) is 8.74. The summed E-state index contributed by atoms with van der Waals surface area (Å²) in [5, 5.41) is 0. The number of nitrogens with two attached hydrogens (primary N) is 1. The van der Waals surface area contributed by atoms with Crippen LogP contribution in [0.3, 0.4) is 0 Å². The molecule has 0 saturated heterocycles. The van der Waals surface area contributed by atoms with E-state index < -0.39 is 0 Å². The molecule has 0 aliphatic carbocycles. The summed E-state index contributed by atoms with van der Waals surface area (Å²) in [6.45, 7) is 9.87. The molecule has 0 aromatic heterocycles. The fourth-order valence-corrected chi connectivity index (χ4v) is 1.06. The highest BCUT2D eigenvalue weighted by Gasteiger charge is 1.91. The molecule has 0 spiro atoms. The van der Waals surface area contributed by atoms with Crippen LogP contribution in [0.5, 0.6) is 0 Å². The van der Waals surface area contributed by atoms with Gasteiger partial charge in [-0.2, -0.15) is 0 Å². The van der Waals surface area contributed by atoms with Crippen LogP contribution in [0.25, 0.3) is 6.08 Å². The van der Waals surface area contributed by atoms with E-state index in [1.165, 1.54) is 11.1 Å². The maximum Gasteiger partial charge on any atom is 0.0153 e. The van der Waals surface area contributed by atoms with Crippen molar-refractivity contribution in [3.63, 3.8) is 0 Å². The minimum Gasteiger partial charge on any atom is -0.271 e. The average Bonchev–Trinajstić information content (AvgIpc) is 2.29. The second-order valence-electron chi connectivity index (χ2n) is 3.58. The highest BCUT2D eigenvalue weighted by atomic mass is 15.2. The number of benzene rings is 1. The Balaban J connectivity index is 0.000000336. The molecule has 0 unspecified atom stereocenters. The molecule has 15 heavy (non-hydrogen) atoms. The van der Waals surface area contributed by atoms with E-state index in [2.05, 4.69) is 37.1 Å². The maximum atomic E-state index is 4.92. The molecule has 0 radical (unpaired) electrons. The summed E-state index contributed by atoms with van der Waals surface area (Å²) in [5.41, 5.74) is 5.16. The van der Waals surface area contributed by atoms with Crippen molar-refractivity contribution in [2.75, 3.05) is 0 Å². The molecular weight excluding hydrogens is 184 g/mol. The van der Waals surface area contributed by atoms with Crippen molar-refractivity contribution in [1.29, 1.82) is 0 Å². The largest absolute Gasteiger partial charge is 0.271 e. The number of hydrogen-bond acceptors (Lipinski definition) is 2. The monoisotopic (exact) mass is 206 g/mol. The van der Waals surface area contributed by atoms with Crippen LogP contribution in [0.4, 0.5) is 0 Å². The third kappa shape index (κ3) is 6.05. The topological polar surface area (TPSA) is 38.0 Å². The van der Waals surface area contributed by atoms with Crippen molar-refractivity contribution in [3.8, 4) is 0 Å². The smallest absolute Gasteiger partial charge is 0.0153 e. The van der Waals surface area contributed by atoms with Crippen molar-refractivity contribution >= 4 is 6.08 Å². The quantitative estimate of drug-likeness (QED) is 0.589. The number of rotatable bonds is 3. The molecule has 1 aromatic rings. The van der Waals surface area contributed by atoms with Gasteiger partial charge in [0.05, 0.1) is 0 Å². The van der Waals surface area contributed by atoms with Gasteiger partial charge in [0.15, 0.2) is 0 Å². The summed E-state index contributed by atoms with van der Waals surface area (Å²) in [5.74, 6) is 4.92. The van der Waals surface area contributed by atoms with E-state index in [4.69, 9.17) is 5.84 Å². The van der Waals surface area contributed by atoms with Gasteiger partial charge in [-0.1, -0.05) is 43.8 Å². The SMILES string of the molecule is C=Cc1ccccc1CC.CC(C)NN. The predicted octanol–water partition coefficient (Wildman–Crippen LogP) is 2.75. The highest BCUT2D eigenvalue weighted by Crippen LogP contribution is 2.09. The molecule has 2 nitrogen and oxygen atoms in total. The Morgan fingerprint density at radius 3 is 2.27 bits per heavy atom. The summed E-state index contributed by atoms with van der Waals surface area (Å²) in [4.78, 5) is 0. The number of hydrogen-bond donors (Lipinski definition) is 2. The van der Waals surface area contributed by atoms with Crippen LogP contribution in [0.2, 0.25) is 0 Å². The molecule has 0 fully saturated rings. The first-order valence-corrected chi connectivity index (χ1v) is 5.32. The lowest BCUT2D eigenvalue weighted by Gasteiger charge is -1.99. The minimum absolute atomic E-state index is 0.412. The van der Waals surface area contributed by atoms with E-state index in [-0.39, 0.29) is 0 Å². The Morgan fingerprint density at radius 2 is 1.93 bits per heavy atom. The van der Waals surface area contributed by atoms with Crippen LogP contribution < -0.4 is 11.3 Å². The van der Waals surface area contributed by atoms with Crippen molar-refractivity contribution < 1.29 is 0 Å². The molecule has 0 aliphatic rings. The number of nitrogens with one attached hydrogen (secondary N) is 1. The number of aryl methyl sites for hydroxylation is 1. The Labute approximate surface area is 93.2 Å². The van der Waals surface area contributed by atoms with Crippen molar-refractivity contribution in [3.05, 3.63) is 42.0 Å². The lowest BCUT2D eigenvalue weighted by Crippen LogP contribution is -2.29. The molecule has 0 atom stereocenters. The molecule has 1 aromatic carbocycles. The second-order valence-corrected chi connectivity index (χ2v) is 3.58. The van der Waals surface area contributed by atoms with Gasteiger partial charge in [-0.25, -0.2) is 0 Å². The minimum atomic E-state index is 0.412. The molecule has 0 saturated carbocycles. The fraction of sp³-hybridized carbons (Fsp3) is 0.385. The lowest BCUT2D eigenvalue weighted by molar-refractivity contribution is 0.617. The van der Waals surface area contributed by atoms with Gasteiger partial charge < -0.3 is 0 Å². The van der Waals surface area contributed by atoms with Gasteiger partial charge in [-0.15, -0.1) is 0 Å². The average molecular weight is 206 g/mol. The summed E-state index contributed by atoms with van der Waals surface area (Å²) >= 11 is 0. The highest BCUT2D eigenvalue weighted by molar-refractivity contribution is 5.51. The van der Waals surface area contributed by atoms with Gasteiger partial charge in [0.2, 0.25) is 0 Å². The molecule has 0 aliphatic heterocycles. The number of hydrazine groups is 1. The zero-order valence-corrected chi connectivity index (χ0v) is 9.96. The molecule has 2 heteroatoms. The van der Waals surface area contributed by atoms with Gasteiger partial charge in [0, 0.05) is 6.04 Å².